The van der Waals surface area contributed by atoms with Gasteiger partial charge < -0.3 is 14.0 Å². The van der Waals surface area contributed by atoms with Gasteiger partial charge in [0.25, 0.3) is 5.69 Å². The highest BCUT2D eigenvalue weighted by Gasteiger charge is 2.49. The summed E-state index contributed by atoms with van der Waals surface area (Å²) in [6.07, 6.45) is -0.551. The van der Waals surface area contributed by atoms with Crippen LogP contribution in [-0.2, 0) is 23.6 Å². The lowest BCUT2D eigenvalue weighted by atomic mass is 9.93. The molecular formula is C22H34N2O8Si. The highest BCUT2D eigenvalue weighted by Crippen LogP contribution is 2.41. The Kier molecular flexibility index (Phi) is 8.05. The molecule has 1 aromatic carbocycles. The number of non-ortho nitro benzene ring substituents is 1. The van der Waals surface area contributed by atoms with Crippen LogP contribution in [0.4, 0.5) is 5.69 Å². The lowest BCUT2D eigenvalue weighted by molar-refractivity contribution is -0.419. The normalized spacial score (nSPS) is 21.3. The summed E-state index contributed by atoms with van der Waals surface area (Å²) in [5, 5.41) is 12.1. The van der Waals surface area contributed by atoms with Crippen molar-refractivity contribution in [3.05, 3.63) is 39.9 Å². The van der Waals surface area contributed by atoms with E-state index in [2.05, 4.69) is 20.8 Å². The molecule has 33 heavy (non-hydrogen) atoms. The Morgan fingerprint density at radius 3 is 2.30 bits per heavy atom. The highest BCUT2D eigenvalue weighted by atomic mass is 28.4. The molecule has 1 fully saturated rings. The average Bonchev–Trinajstić information content (AvgIpc) is 2.68. The van der Waals surface area contributed by atoms with E-state index in [-0.39, 0.29) is 22.7 Å². The van der Waals surface area contributed by atoms with Crippen molar-refractivity contribution in [3.8, 4) is 0 Å². The second kappa shape index (κ2) is 9.88. The van der Waals surface area contributed by atoms with E-state index in [1.165, 1.54) is 36.6 Å². The molecule has 0 aromatic heterocycles. The van der Waals surface area contributed by atoms with E-state index in [0.29, 0.717) is 6.42 Å². The van der Waals surface area contributed by atoms with Crippen molar-refractivity contribution in [1.82, 2.24) is 5.23 Å². The predicted octanol–water partition coefficient (Wildman–Crippen LogP) is 4.40. The van der Waals surface area contributed by atoms with E-state index in [1.54, 1.807) is 0 Å². The lowest BCUT2D eigenvalue weighted by Crippen LogP contribution is -2.60. The van der Waals surface area contributed by atoms with Gasteiger partial charge in [0, 0.05) is 18.6 Å². The van der Waals surface area contributed by atoms with Gasteiger partial charge in [-0.05, 0) is 44.1 Å². The van der Waals surface area contributed by atoms with Crippen molar-refractivity contribution in [2.45, 2.75) is 83.3 Å². The standard InChI is InChI=1S/C22H34N2O8Si/c1-21(2,3)33(7,8)32-24-17(13-19(25)29-6)18(14-22(4,5)31-24)30-20(26)15-9-11-16(12-10-15)23(27)28/h9-12,17-18H,13-14H2,1-8H3/t17-,18+/m0/s1. The fourth-order valence-corrected chi connectivity index (χ4v) is 3.95. The Morgan fingerprint density at radius 2 is 1.82 bits per heavy atom. The SMILES string of the molecule is COC(=O)C[C@H]1[C@H](OC(=O)c2ccc([N+](=O)[O-])cc2)CC(C)(C)ON1O[Si](C)(C)C(C)(C)C. The smallest absolute Gasteiger partial charge is 0.338 e. The maximum absolute atomic E-state index is 12.9. The van der Waals surface area contributed by atoms with Crippen LogP contribution in [0.5, 0.6) is 0 Å². The van der Waals surface area contributed by atoms with Crippen LogP contribution in [0.3, 0.4) is 0 Å². The molecule has 1 heterocycles. The van der Waals surface area contributed by atoms with Gasteiger partial charge in [0.1, 0.15) is 12.1 Å². The predicted molar refractivity (Wildman–Crippen MR) is 123 cm³/mol. The van der Waals surface area contributed by atoms with Crippen LogP contribution in [0.25, 0.3) is 0 Å². The second-order valence-corrected chi connectivity index (χ2v) is 15.0. The van der Waals surface area contributed by atoms with Crippen LogP contribution in [0.15, 0.2) is 24.3 Å². The molecule has 2 atom stereocenters. The van der Waals surface area contributed by atoms with Gasteiger partial charge in [-0.25, -0.2) is 4.79 Å². The second-order valence-electron chi connectivity index (χ2n) is 10.3. The molecule has 0 spiro atoms. The molecule has 0 amide bonds. The summed E-state index contributed by atoms with van der Waals surface area (Å²) in [4.78, 5) is 41.5. The minimum Gasteiger partial charge on any atom is -0.469 e. The van der Waals surface area contributed by atoms with Crippen molar-refractivity contribution in [2.24, 2.45) is 0 Å². The van der Waals surface area contributed by atoms with Gasteiger partial charge in [-0.1, -0.05) is 26.0 Å². The third kappa shape index (κ3) is 6.82. The summed E-state index contributed by atoms with van der Waals surface area (Å²) >= 11 is 0. The number of ether oxygens (including phenoxy) is 2. The fraction of sp³-hybridized carbons (Fsp3) is 0.636. The molecule has 1 aliphatic rings. The number of carbonyl (C=O) groups excluding carboxylic acids is 2. The van der Waals surface area contributed by atoms with Crippen molar-refractivity contribution < 1.29 is 33.4 Å². The Morgan fingerprint density at radius 1 is 1.24 bits per heavy atom. The lowest BCUT2D eigenvalue weighted by Gasteiger charge is -2.49. The largest absolute Gasteiger partial charge is 0.469 e. The molecule has 0 radical (unpaired) electrons. The molecule has 1 aliphatic heterocycles. The van der Waals surface area contributed by atoms with Gasteiger partial charge in [-0.3, -0.25) is 19.7 Å². The minimum absolute atomic E-state index is 0.112. The summed E-state index contributed by atoms with van der Waals surface area (Å²) < 4.78 is 17.0. The van der Waals surface area contributed by atoms with Crippen molar-refractivity contribution >= 4 is 25.9 Å². The maximum Gasteiger partial charge on any atom is 0.338 e. The molecule has 0 unspecified atom stereocenters. The van der Waals surface area contributed by atoms with E-state index in [1.807, 2.05) is 26.9 Å². The summed E-state index contributed by atoms with van der Waals surface area (Å²) in [7, 11) is -1.08. The molecule has 0 saturated carbocycles. The molecule has 0 aliphatic carbocycles. The monoisotopic (exact) mass is 482 g/mol. The molecule has 11 heteroatoms. The van der Waals surface area contributed by atoms with Gasteiger partial charge in [0.05, 0.1) is 29.6 Å². The zero-order valence-corrected chi connectivity index (χ0v) is 21.5. The molecule has 184 valence electrons. The number of carbonyl (C=O) groups is 2. The number of hydrogen-bond donors (Lipinski definition) is 0. The van der Waals surface area contributed by atoms with Crippen LogP contribution in [0.1, 0.15) is 57.8 Å². The molecular weight excluding hydrogens is 448 g/mol. The Labute approximate surface area is 195 Å². The van der Waals surface area contributed by atoms with Gasteiger partial charge in [-0.2, -0.15) is 0 Å². The van der Waals surface area contributed by atoms with Gasteiger partial charge in [-0.15, -0.1) is 0 Å². The van der Waals surface area contributed by atoms with Gasteiger partial charge in [0.15, 0.2) is 0 Å². The number of nitrogens with zero attached hydrogens (tertiary/aromatic N) is 2. The summed E-state index contributed by atoms with van der Waals surface area (Å²) in [6.45, 7) is 14.0. The van der Waals surface area contributed by atoms with Crippen LogP contribution >= 0.6 is 0 Å². The maximum atomic E-state index is 12.9. The van der Waals surface area contributed by atoms with Crippen LogP contribution in [0, 0.1) is 10.1 Å². The van der Waals surface area contributed by atoms with Gasteiger partial charge in [0.2, 0.25) is 8.32 Å². The van der Waals surface area contributed by atoms with E-state index < -0.39 is 42.9 Å². The van der Waals surface area contributed by atoms with Crippen molar-refractivity contribution in [2.75, 3.05) is 7.11 Å². The molecule has 2 rings (SSSR count). The summed E-state index contributed by atoms with van der Waals surface area (Å²) in [6, 6.07) is 4.42. The first-order valence-electron chi connectivity index (χ1n) is 10.8. The number of nitro groups is 1. The third-order valence-corrected chi connectivity index (χ3v) is 10.3. The number of hydrogen-bond acceptors (Lipinski definition) is 9. The molecule has 10 nitrogen and oxygen atoms in total. The van der Waals surface area contributed by atoms with E-state index in [4.69, 9.17) is 18.8 Å². The van der Waals surface area contributed by atoms with Crippen molar-refractivity contribution in [3.63, 3.8) is 0 Å². The first-order valence-corrected chi connectivity index (χ1v) is 13.7. The Bertz CT molecular complexity index is 879. The fourth-order valence-electron chi connectivity index (χ4n) is 3.06. The number of esters is 2. The highest BCUT2D eigenvalue weighted by molar-refractivity contribution is 6.74. The Hall–Kier alpha value is -2.34. The zero-order chi connectivity index (χ0) is 25.2. The van der Waals surface area contributed by atoms with Crippen LogP contribution < -0.4 is 0 Å². The molecule has 1 saturated heterocycles. The van der Waals surface area contributed by atoms with Crippen LogP contribution in [0.2, 0.25) is 18.1 Å². The number of benzene rings is 1. The first-order chi connectivity index (χ1) is 15.1. The zero-order valence-electron chi connectivity index (χ0n) is 20.5. The first kappa shape index (κ1) is 26.9. The van der Waals surface area contributed by atoms with Gasteiger partial charge >= 0.3 is 11.9 Å². The number of rotatable bonds is 7. The molecule has 1 aromatic rings. The minimum atomic E-state index is -2.36. The number of nitro benzene ring substituents is 1. The number of methoxy groups -OCH3 is 1. The quantitative estimate of drug-likeness (QED) is 0.241. The van der Waals surface area contributed by atoms with E-state index in [9.17, 15) is 19.7 Å². The van der Waals surface area contributed by atoms with Crippen LogP contribution in [-0.4, -0.2) is 55.3 Å². The molecule has 0 bridgehead atoms. The third-order valence-electron chi connectivity index (χ3n) is 6.03. The van der Waals surface area contributed by atoms with Crippen molar-refractivity contribution in [1.29, 1.82) is 0 Å². The van der Waals surface area contributed by atoms with E-state index in [0.717, 1.165) is 0 Å². The average molecular weight is 483 g/mol. The molecule has 0 N–H and O–H groups in total. The van der Waals surface area contributed by atoms with E-state index >= 15 is 0 Å². The summed E-state index contributed by atoms with van der Waals surface area (Å²) in [5.41, 5.74) is -0.704. The number of hydroxylamine groups is 2. The summed E-state index contributed by atoms with van der Waals surface area (Å²) in [5.74, 6) is -1.15. The topological polar surface area (TPSA) is 117 Å². The Balaban J connectivity index is 2.34.